The van der Waals surface area contributed by atoms with Crippen LogP contribution >= 0.6 is 24.0 Å². The maximum absolute atomic E-state index is 12.0. The molecule has 21 heavy (non-hydrogen) atoms. The number of aromatic nitrogens is 1. The van der Waals surface area contributed by atoms with Crippen molar-refractivity contribution in [1.29, 1.82) is 0 Å². The minimum absolute atomic E-state index is 0.303. The molecule has 0 aliphatic heterocycles. The molecule has 1 heterocycles. The van der Waals surface area contributed by atoms with Gasteiger partial charge in [-0.1, -0.05) is 36.1 Å². The summed E-state index contributed by atoms with van der Waals surface area (Å²) in [6, 6.07) is 7.83. The number of nitrogens with zero attached hydrogens (tertiary/aromatic N) is 2. The van der Waals surface area contributed by atoms with Crippen molar-refractivity contribution < 1.29 is 9.53 Å². The first kappa shape index (κ1) is 15.9. The number of ether oxygens (including phenoxy) is 1. The lowest BCUT2D eigenvalue weighted by molar-refractivity contribution is 0.0516. The first-order valence-electron chi connectivity index (χ1n) is 6.60. The molecule has 0 bridgehead atoms. The van der Waals surface area contributed by atoms with Crippen molar-refractivity contribution in [2.75, 3.05) is 20.7 Å². The average Bonchev–Trinajstić information content (AvgIpc) is 2.77. The van der Waals surface area contributed by atoms with Gasteiger partial charge < -0.3 is 14.2 Å². The number of rotatable bonds is 3. The van der Waals surface area contributed by atoms with E-state index in [1.807, 2.05) is 54.9 Å². The molecule has 0 unspecified atom stereocenters. The highest BCUT2D eigenvalue weighted by Gasteiger charge is 2.17. The summed E-state index contributed by atoms with van der Waals surface area (Å²) >= 11 is 6.87. The van der Waals surface area contributed by atoms with Gasteiger partial charge in [0.15, 0.2) is 0 Å². The van der Waals surface area contributed by atoms with Crippen LogP contribution in [0.3, 0.4) is 0 Å². The van der Waals surface area contributed by atoms with Crippen molar-refractivity contribution in [3.8, 4) is 0 Å². The molecule has 1 aromatic carbocycles. The van der Waals surface area contributed by atoms with Gasteiger partial charge in [-0.2, -0.15) is 0 Å². The number of hydrogen-bond acceptors (Lipinski definition) is 4. The number of thiocarbonyl (C=S) groups is 1. The smallest absolute Gasteiger partial charge is 0.354 e. The molecule has 0 fully saturated rings. The van der Waals surface area contributed by atoms with Crippen molar-refractivity contribution in [2.24, 2.45) is 7.05 Å². The van der Waals surface area contributed by atoms with Crippen LogP contribution in [-0.2, 0) is 11.8 Å². The predicted molar refractivity (Wildman–Crippen MR) is 91.0 cm³/mol. The molecule has 2 rings (SSSR count). The van der Waals surface area contributed by atoms with Gasteiger partial charge in [-0.05, 0) is 19.1 Å². The van der Waals surface area contributed by atoms with Gasteiger partial charge in [0.2, 0.25) is 0 Å². The van der Waals surface area contributed by atoms with Gasteiger partial charge in [0.1, 0.15) is 10.0 Å². The Labute approximate surface area is 134 Å². The highest BCUT2D eigenvalue weighted by molar-refractivity contribution is 8.23. The summed E-state index contributed by atoms with van der Waals surface area (Å²) in [7, 11) is 5.71. The molecule has 0 saturated carbocycles. The van der Waals surface area contributed by atoms with Crippen LogP contribution in [-0.4, -0.2) is 40.5 Å². The second-order valence-corrected chi connectivity index (χ2v) is 6.44. The summed E-state index contributed by atoms with van der Waals surface area (Å²) in [6.45, 7) is 2.17. The maximum Gasteiger partial charge on any atom is 0.354 e. The molecule has 0 aliphatic rings. The van der Waals surface area contributed by atoms with Gasteiger partial charge in [-0.3, -0.25) is 0 Å². The minimum Gasteiger partial charge on any atom is -0.461 e. The van der Waals surface area contributed by atoms with Gasteiger partial charge in [0, 0.05) is 31.4 Å². The van der Waals surface area contributed by atoms with Gasteiger partial charge in [0.05, 0.1) is 12.1 Å². The normalized spacial score (nSPS) is 10.7. The van der Waals surface area contributed by atoms with E-state index in [0.29, 0.717) is 12.3 Å². The molecular formula is C15H18N2O2S2. The summed E-state index contributed by atoms with van der Waals surface area (Å²) in [5.41, 5.74) is 1.55. The van der Waals surface area contributed by atoms with Crippen LogP contribution in [0, 0.1) is 0 Å². The van der Waals surface area contributed by atoms with E-state index in [0.717, 1.165) is 20.1 Å². The zero-order valence-corrected chi connectivity index (χ0v) is 14.2. The van der Waals surface area contributed by atoms with Crippen molar-refractivity contribution in [1.82, 2.24) is 9.47 Å². The van der Waals surface area contributed by atoms with Gasteiger partial charge >= 0.3 is 5.97 Å². The topological polar surface area (TPSA) is 34.5 Å². The number of thioether (sulfide) groups is 1. The van der Waals surface area contributed by atoms with Gasteiger partial charge in [0.25, 0.3) is 0 Å². The molecular weight excluding hydrogens is 304 g/mol. The molecule has 112 valence electrons. The van der Waals surface area contributed by atoms with E-state index in [2.05, 4.69) is 0 Å². The molecule has 0 amide bonds. The summed E-state index contributed by atoms with van der Waals surface area (Å²) in [5, 5.41) is 1.01. The van der Waals surface area contributed by atoms with Crippen molar-refractivity contribution in [3.63, 3.8) is 0 Å². The lowest BCUT2D eigenvalue weighted by Crippen LogP contribution is -2.16. The standard InChI is InChI=1S/C15H18N2O2S2/c1-5-19-14(18)11-9-10-7-6-8-12(13(10)17(11)4)21-15(20)16(2)3/h6-9H,5H2,1-4H3. The van der Waals surface area contributed by atoms with E-state index in [9.17, 15) is 4.79 Å². The van der Waals surface area contributed by atoms with Crippen molar-refractivity contribution in [2.45, 2.75) is 11.8 Å². The molecule has 0 aliphatic carbocycles. The lowest BCUT2D eigenvalue weighted by atomic mass is 10.2. The summed E-state index contributed by atoms with van der Waals surface area (Å²) in [5.74, 6) is -0.303. The van der Waals surface area contributed by atoms with Crippen LogP contribution in [0.2, 0.25) is 0 Å². The molecule has 0 saturated heterocycles. The highest BCUT2D eigenvalue weighted by atomic mass is 32.2. The van der Waals surface area contributed by atoms with Crippen LogP contribution in [0.15, 0.2) is 29.2 Å². The van der Waals surface area contributed by atoms with E-state index < -0.39 is 0 Å². The third-order valence-electron chi connectivity index (χ3n) is 3.07. The van der Waals surface area contributed by atoms with Crippen molar-refractivity contribution >= 4 is 45.2 Å². The molecule has 0 N–H and O–H groups in total. The summed E-state index contributed by atoms with van der Waals surface area (Å²) in [4.78, 5) is 14.9. The Bertz CT molecular complexity index is 692. The van der Waals surface area contributed by atoms with E-state index in [1.165, 1.54) is 11.8 Å². The van der Waals surface area contributed by atoms with Crippen LogP contribution in [0.1, 0.15) is 17.4 Å². The summed E-state index contributed by atoms with van der Waals surface area (Å²) < 4.78 is 7.74. The van der Waals surface area contributed by atoms with Gasteiger partial charge in [-0.15, -0.1) is 0 Å². The third kappa shape index (κ3) is 3.22. The SMILES string of the molecule is CCOC(=O)c1cc2cccc(SC(=S)N(C)C)c2n1C. The van der Waals surface area contributed by atoms with Crippen LogP contribution in [0.5, 0.6) is 0 Å². The number of carbonyl (C=O) groups is 1. The van der Waals surface area contributed by atoms with E-state index in [4.69, 9.17) is 17.0 Å². The fraction of sp³-hybridized carbons (Fsp3) is 0.333. The number of carbonyl (C=O) groups excluding carboxylic acids is 1. The lowest BCUT2D eigenvalue weighted by Gasteiger charge is -2.14. The molecule has 0 radical (unpaired) electrons. The van der Waals surface area contributed by atoms with Gasteiger partial charge in [-0.25, -0.2) is 4.79 Å². The number of para-hydroxylation sites is 1. The van der Waals surface area contributed by atoms with Crippen LogP contribution in [0.25, 0.3) is 10.9 Å². The first-order chi connectivity index (χ1) is 9.95. The number of fused-ring (bicyclic) bond motifs is 1. The fourth-order valence-corrected chi connectivity index (χ4v) is 3.19. The van der Waals surface area contributed by atoms with E-state index in [1.54, 1.807) is 6.92 Å². The molecule has 1 aromatic heterocycles. The number of hydrogen-bond donors (Lipinski definition) is 0. The number of aryl methyl sites for hydroxylation is 1. The Morgan fingerprint density at radius 1 is 1.43 bits per heavy atom. The van der Waals surface area contributed by atoms with Crippen LogP contribution < -0.4 is 0 Å². The predicted octanol–water partition coefficient (Wildman–Crippen LogP) is 3.29. The molecule has 0 spiro atoms. The highest BCUT2D eigenvalue weighted by Crippen LogP contribution is 2.31. The zero-order chi connectivity index (χ0) is 15.6. The molecule has 4 nitrogen and oxygen atoms in total. The zero-order valence-electron chi connectivity index (χ0n) is 12.5. The Hall–Kier alpha value is -1.53. The Morgan fingerprint density at radius 2 is 2.14 bits per heavy atom. The fourth-order valence-electron chi connectivity index (χ4n) is 2.05. The largest absolute Gasteiger partial charge is 0.461 e. The average molecular weight is 322 g/mol. The third-order valence-corrected chi connectivity index (χ3v) is 4.77. The Morgan fingerprint density at radius 3 is 2.76 bits per heavy atom. The maximum atomic E-state index is 12.0. The minimum atomic E-state index is -0.303. The quantitative estimate of drug-likeness (QED) is 0.492. The van der Waals surface area contributed by atoms with Crippen LogP contribution in [0.4, 0.5) is 0 Å². The van der Waals surface area contributed by atoms with E-state index >= 15 is 0 Å². The second-order valence-electron chi connectivity index (χ2n) is 4.77. The Kier molecular flexibility index (Phi) is 4.90. The Balaban J connectivity index is 2.49. The summed E-state index contributed by atoms with van der Waals surface area (Å²) in [6.07, 6.45) is 0. The first-order valence-corrected chi connectivity index (χ1v) is 7.82. The molecule has 6 heteroatoms. The molecule has 0 atom stereocenters. The number of benzene rings is 1. The van der Waals surface area contributed by atoms with Crippen molar-refractivity contribution in [3.05, 3.63) is 30.0 Å². The molecule has 2 aromatic rings. The monoisotopic (exact) mass is 322 g/mol. The number of esters is 1. The van der Waals surface area contributed by atoms with E-state index in [-0.39, 0.29) is 5.97 Å². The second kappa shape index (κ2) is 6.49.